The number of carbonyl (C=O) groups is 2. The number of halogens is 3. The third-order valence-corrected chi connectivity index (χ3v) is 7.12. The van der Waals surface area contributed by atoms with Crippen LogP contribution in [-0.2, 0) is 19.6 Å². The quantitative estimate of drug-likeness (QED) is 0.623. The van der Waals surface area contributed by atoms with E-state index in [1.54, 1.807) is 0 Å². The van der Waals surface area contributed by atoms with Gasteiger partial charge in [-0.15, -0.1) is 0 Å². The van der Waals surface area contributed by atoms with Crippen LogP contribution >= 0.6 is 11.6 Å². The Bertz CT molecular complexity index is 1120. The van der Waals surface area contributed by atoms with Crippen LogP contribution in [0.1, 0.15) is 36.0 Å². The van der Waals surface area contributed by atoms with E-state index in [0.29, 0.717) is 19.2 Å². The number of ether oxygens (including phenoxy) is 1. The van der Waals surface area contributed by atoms with Crippen LogP contribution in [-0.4, -0.2) is 44.3 Å². The molecule has 0 spiro atoms. The Kier molecular flexibility index (Phi) is 7.81. The molecule has 172 valence electrons. The lowest BCUT2D eigenvalue weighted by atomic mass is 10.2. The summed E-state index contributed by atoms with van der Waals surface area (Å²) in [5, 5.41) is 2.47. The topological polar surface area (TPSA) is 92.8 Å². The van der Waals surface area contributed by atoms with Crippen molar-refractivity contribution in [2.45, 2.75) is 30.6 Å². The number of esters is 1. The highest BCUT2D eigenvalue weighted by Crippen LogP contribution is 2.28. The van der Waals surface area contributed by atoms with E-state index in [1.165, 1.54) is 22.5 Å². The number of sulfonamides is 1. The summed E-state index contributed by atoms with van der Waals surface area (Å²) >= 11 is 6.08. The van der Waals surface area contributed by atoms with Crippen LogP contribution in [0.4, 0.5) is 14.5 Å². The normalized spacial score (nSPS) is 15.1. The summed E-state index contributed by atoms with van der Waals surface area (Å²) in [6.45, 7) is 0.0557. The Balaban J connectivity index is 1.67. The molecule has 1 aliphatic rings. The van der Waals surface area contributed by atoms with Crippen LogP contribution in [0, 0.1) is 11.6 Å². The molecule has 1 aliphatic heterocycles. The summed E-state index contributed by atoms with van der Waals surface area (Å²) in [6.07, 6.45) is 3.48. The zero-order valence-corrected chi connectivity index (χ0v) is 18.5. The first-order valence-electron chi connectivity index (χ1n) is 9.90. The molecule has 2 aromatic rings. The Morgan fingerprint density at radius 1 is 1.03 bits per heavy atom. The minimum Gasteiger partial charge on any atom is -0.452 e. The van der Waals surface area contributed by atoms with Gasteiger partial charge in [-0.25, -0.2) is 22.0 Å². The highest BCUT2D eigenvalue weighted by molar-refractivity contribution is 7.89. The van der Waals surface area contributed by atoms with Gasteiger partial charge in [0, 0.05) is 19.2 Å². The number of carbonyl (C=O) groups excluding carboxylic acids is 2. The Morgan fingerprint density at radius 3 is 2.38 bits per heavy atom. The molecule has 32 heavy (non-hydrogen) atoms. The summed E-state index contributed by atoms with van der Waals surface area (Å²) in [5.41, 5.74) is -0.501. The highest BCUT2D eigenvalue weighted by Gasteiger charge is 2.26. The molecule has 0 unspecified atom stereocenters. The van der Waals surface area contributed by atoms with E-state index < -0.39 is 45.7 Å². The van der Waals surface area contributed by atoms with Crippen molar-refractivity contribution in [3.8, 4) is 0 Å². The van der Waals surface area contributed by atoms with Crippen LogP contribution in [0.25, 0.3) is 0 Å². The Morgan fingerprint density at radius 2 is 1.72 bits per heavy atom. The van der Waals surface area contributed by atoms with Crippen LogP contribution < -0.4 is 5.32 Å². The van der Waals surface area contributed by atoms with Crippen molar-refractivity contribution in [3.05, 3.63) is 58.6 Å². The van der Waals surface area contributed by atoms with Gasteiger partial charge in [-0.1, -0.05) is 24.4 Å². The zero-order valence-electron chi connectivity index (χ0n) is 16.9. The maximum atomic E-state index is 13.6. The fraction of sp³-hybridized carbons (Fsp3) is 0.333. The Hall–Kier alpha value is -2.56. The minimum atomic E-state index is -3.76. The second kappa shape index (κ2) is 10.4. The van der Waals surface area contributed by atoms with Crippen LogP contribution in [0.3, 0.4) is 0 Å². The van der Waals surface area contributed by atoms with Crippen LogP contribution in [0.15, 0.2) is 41.3 Å². The van der Waals surface area contributed by atoms with Crippen LogP contribution in [0.2, 0.25) is 5.02 Å². The maximum Gasteiger partial charge on any atom is 0.341 e. The van der Waals surface area contributed by atoms with E-state index in [4.69, 9.17) is 16.3 Å². The lowest BCUT2D eigenvalue weighted by molar-refractivity contribution is -0.119. The van der Waals surface area contributed by atoms with E-state index in [9.17, 15) is 26.8 Å². The van der Waals surface area contributed by atoms with Gasteiger partial charge in [0.15, 0.2) is 6.61 Å². The van der Waals surface area contributed by atoms with Crippen molar-refractivity contribution < 1.29 is 31.5 Å². The molecule has 0 radical (unpaired) electrons. The number of nitrogens with one attached hydrogen (secondary N) is 1. The predicted molar refractivity (Wildman–Crippen MR) is 114 cm³/mol. The van der Waals surface area contributed by atoms with Crippen molar-refractivity contribution in [3.63, 3.8) is 0 Å². The van der Waals surface area contributed by atoms with Crippen molar-refractivity contribution in [2.75, 3.05) is 25.0 Å². The molecule has 2 aromatic carbocycles. The third kappa shape index (κ3) is 5.81. The summed E-state index contributed by atoms with van der Waals surface area (Å²) in [4.78, 5) is 24.1. The maximum absolute atomic E-state index is 13.6. The third-order valence-electron chi connectivity index (χ3n) is 4.90. The molecule has 1 N–H and O–H groups in total. The average Bonchev–Trinajstić information content (AvgIpc) is 3.04. The molecule has 1 amide bonds. The van der Waals surface area contributed by atoms with E-state index in [0.717, 1.165) is 37.8 Å². The standard InChI is InChI=1S/C21H21ClF2N2O5S/c22-17-8-6-15(32(29,30)26-9-3-1-2-4-10-26)12-19(17)25-20(27)13-31-21(28)16-7-5-14(23)11-18(16)24/h5-8,11-12H,1-4,9-10,13H2,(H,25,27). The molecule has 7 nitrogen and oxygen atoms in total. The first kappa shape index (κ1) is 24.1. The molecule has 0 atom stereocenters. The molecular formula is C21H21ClF2N2O5S. The summed E-state index contributed by atoms with van der Waals surface area (Å²) in [5.74, 6) is -3.94. The lowest BCUT2D eigenvalue weighted by Gasteiger charge is -2.20. The van der Waals surface area contributed by atoms with Crippen molar-refractivity contribution in [2.24, 2.45) is 0 Å². The molecule has 3 rings (SSSR count). The van der Waals surface area contributed by atoms with E-state index in [1.807, 2.05) is 0 Å². The molecule has 0 saturated carbocycles. The van der Waals surface area contributed by atoms with Gasteiger partial charge in [0.25, 0.3) is 5.91 Å². The first-order valence-corrected chi connectivity index (χ1v) is 11.7. The first-order chi connectivity index (χ1) is 15.2. The number of rotatable bonds is 6. The fourth-order valence-corrected chi connectivity index (χ4v) is 4.95. The van der Waals surface area contributed by atoms with Gasteiger partial charge in [-0.3, -0.25) is 4.79 Å². The van der Waals surface area contributed by atoms with Crippen LogP contribution in [0.5, 0.6) is 0 Å². The average molecular weight is 487 g/mol. The second-order valence-corrected chi connectivity index (χ2v) is 9.55. The van der Waals surface area contributed by atoms with Crippen molar-refractivity contribution >= 4 is 39.2 Å². The van der Waals surface area contributed by atoms with E-state index in [-0.39, 0.29) is 15.6 Å². The molecule has 1 saturated heterocycles. The number of hydrogen-bond donors (Lipinski definition) is 1. The molecule has 0 aliphatic carbocycles. The second-order valence-electron chi connectivity index (χ2n) is 7.21. The summed E-state index contributed by atoms with van der Waals surface area (Å²) < 4.78 is 58.7. The molecular weight excluding hydrogens is 466 g/mol. The monoisotopic (exact) mass is 486 g/mol. The van der Waals surface area contributed by atoms with E-state index >= 15 is 0 Å². The van der Waals surface area contributed by atoms with Gasteiger partial charge >= 0.3 is 5.97 Å². The van der Waals surface area contributed by atoms with Crippen molar-refractivity contribution in [1.29, 1.82) is 0 Å². The number of amides is 1. The summed E-state index contributed by atoms with van der Waals surface area (Å²) in [7, 11) is -3.76. The van der Waals surface area contributed by atoms with Gasteiger partial charge < -0.3 is 10.1 Å². The molecule has 0 aromatic heterocycles. The highest BCUT2D eigenvalue weighted by atomic mass is 35.5. The van der Waals surface area contributed by atoms with Gasteiger partial charge in [0.2, 0.25) is 10.0 Å². The van der Waals surface area contributed by atoms with Gasteiger partial charge in [-0.2, -0.15) is 4.31 Å². The zero-order chi connectivity index (χ0) is 23.3. The smallest absolute Gasteiger partial charge is 0.341 e. The lowest BCUT2D eigenvalue weighted by Crippen LogP contribution is -2.32. The molecule has 0 bridgehead atoms. The SMILES string of the molecule is O=C(COC(=O)c1ccc(F)cc1F)Nc1cc(S(=O)(=O)N2CCCCCC2)ccc1Cl. The van der Waals surface area contributed by atoms with Gasteiger partial charge in [-0.05, 0) is 43.2 Å². The summed E-state index contributed by atoms with van der Waals surface area (Å²) in [6, 6.07) is 6.25. The number of anilines is 1. The van der Waals surface area contributed by atoms with Crippen molar-refractivity contribution in [1.82, 2.24) is 4.31 Å². The Labute approximate surface area is 189 Å². The number of hydrogen-bond acceptors (Lipinski definition) is 5. The van der Waals surface area contributed by atoms with Gasteiger partial charge in [0.05, 0.1) is 21.2 Å². The largest absolute Gasteiger partial charge is 0.452 e. The number of nitrogens with zero attached hydrogens (tertiary/aromatic N) is 1. The fourth-order valence-electron chi connectivity index (χ4n) is 3.24. The molecule has 11 heteroatoms. The molecule has 1 heterocycles. The molecule has 1 fully saturated rings. The predicted octanol–water partition coefficient (Wildman–Crippen LogP) is 3.98. The minimum absolute atomic E-state index is 0.0236. The van der Waals surface area contributed by atoms with Gasteiger partial charge in [0.1, 0.15) is 11.6 Å². The van der Waals surface area contributed by atoms with E-state index in [2.05, 4.69) is 5.32 Å². The number of benzene rings is 2.